The molecular formula is C19H20F3N3. The number of hydrogen-bond acceptors (Lipinski definition) is 2. The summed E-state index contributed by atoms with van der Waals surface area (Å²) in [7, 11) is 0. The molecule has 0 aliphatic heterocycles. The number of aryl methyl sites for hydroxylation is 1. The average Bonchev–Trinajstić information content (AvgIpc) is 2.98. The lowest BCUT2D eigenvalue weighted by Gasteiger charge is -2.15. The van der Waals surface area contributed by atoms with Crippen LogP contribution in [0.15, 0.2) is 48.5 Å². The number of imidazole rings is 1. The molecule has 1 unspecified atom stereocenters. The molecule has 3 aromatic rings. The molecule has 1 heterocycles. The van der Waals surface area contributed by atoms with Gasteiger partial charge in [-0.25, -0.2) is 4.98 Å². The first-order chi connectivity index (χ1) is 11.9. The van der Waals surface area contributed by atoms with Crippen molar-refractivity contribution in [3.8, 4) is 0 Å². The van der Waals surface area contributed by atoms with Crippen LogP contribution >= 0.6 is 0 Å². The highest BCUT2D eigenvalue weighted by molar-refractivity contribution is 5.76. The lowest BCUT2D eigenvalue weighted by atomic mass is 10.1. The molecule has 132 valence electrons. The van der Waals surface area contributed by atoms with Crippen LogP contribution in [0.1, 0.15) is 36.8 Å². The molecule has 0 fully saturated rings. The van der Waals surface area contributed by atoms with Crippen LogP contribution in [0, 0.1) is 0 Å². The van der Waals surface area contributed by atoms with E-state index in [9.17, 15) is 13.2 Å². The van der Waals surface area contributed by atoms with E-state index in [0.717, 1.165) is 41.1 Å². The van der Waals surface area contributed by atoms with Crippen LogP contribution in [0.5, 0.6) is 0 Å². The molecule has 25 heavy (non-hydrogen) atoms. The molecule has 0 spiro atoms. The highest BCUT2D eigenvalue weighted by Gasteiger charge is 2.29. The molecule has 3 rings (SSSR count). The third kappa shape index (κ3) is 3.69. The van der Waals surface area contributed by atoms with Gasteiger partial charge in [0.05, 0.1) is 22.6 Å². The largest absolute Gasteiger partial charge is 0.416 e. The first-order valence-corrected chi connectivity index (χ1v) is 8.25. The van der Waals surface area contributed by atoms with E-state index in [0.29, 0.717) is 6.54 Å². The molecule has 0 amide bonds. The standard InChI is InChI=1S/C19H20F3N3/c1-3-25-17-7-5-4-6-16(17)24-18(25)13(2)23-12-14-8-10-15(11-9-14)19(20,21)22/h4-11,13,23H,3,12H2,1-2H3. The summed E-state index contributed by atoms with van der Waals surface area (Å²) >= 11 is 0. The Labute approximate surface area is 144 Å². The SMILES string of the molecule is CCn1c(C(C)NCc2ccc(C(F)(F)F)cc2)nc2ccccc21. The fourth-order valence-corrected chi connectivity index (χ4v) is 2.93. The van der Waals surface area contributed by atoms with Gasteiger partial charge in [0.25, 0.3) is 0 Å². The second-order valence-corrected chi connectivity index (χ2v) is 6.00. The predicted molar refractivity (Wildman–Crippen MR) is 92.1 cm³/mol. The smallest absolute Gasteiger partial charge is 0.327 e. The van der Waals surface area contributed by atoms with Crippen molar-refractivity contribution in [3.05, 3.63) is 65.5 Å². The van der Waals surface area contributed by atoms with Gasteiger partial charge in [-0.15, -0.1) is 0 Å². The van der Waals surface area contributed by atoms with Crippen LogP contribution in [0.25, 0.3) is 11.0 Å². The minimum Gasteiger partial charge on any atom is -0.327 e. The molecule has 2 aromatic carbocycles. The van der Waals surface area contributed by atoms with Gasteiger partial charge >= 0.3 is 6.18 Å². The zero-order valence-electron chi connectivity index (χ0n) is 14.1. The maximum Gasteiger partial charge on any atom is 0.416 e. The lowest BCUT2D eigenvalue weighted by Crippen LogP contribution is -2.21. The molecule has 0 bridgehead atoms. The first-order valence-electron chi connectivity index (χ1n) is 8.25. The van der Waals surface area contributed by atoms with E-state index in [1.165, 1.54) is 12.1 Å². The van der Waals surface area contributed by atoms with Crippen molar-refractivity contribution in [2.45, 2.75) is 39.2 Å². The van der Waals surface area contributed by atoms with Gasteiger partial charge in [-0.3, -0.25) is 0 Å². The fourth-order valence-electron chi connectivity index (χ4n) is 2.93. The van der Waals surface area contributed by atoms with Crippen LogP contribution < -0.4 is 5.32 Å². The Hall–Kier alpha value is -2.34. The minimum absolute atomic E-state index is 0.0188. The summed E-state index contributed by atoms with van der Waals surface area (Å²) < 4.78 is 40.0. The van der Waals surface area contributed by atoms with Gasteiger partial charge in [0.2, 0.25) is 0 Å². The monoisotopic (exact) mass is 347 g/mol. The van der Waals surface area contributed by atoms with E-state index in [1.807, 2.05) is 31.2 Å². The third-order valence-corrected chi connectivity index (χ3v) is 4.28. The summed E-state index contributed by atoms with van der Waals surface area (Å²) in [4.78, 5) is 4.69. The van der Waals surface area contributed by atoms with Crippen LogP contribution in [-0.2, 0) is 19.3 Å². The summed E-state index contributed by atoms with van der Waals surface area (Å²) in [5, 5.41) is 3.34. The second-order valence-electron chi connectivity index (χ2n) is 6.00. The number of halogens is 3. The normalized spacial score (nSPS) is 13.3. The summed E-state index contributed by atoms with van der Waals surface area (Å²) in [5.41, 5.74) is 2.21. The van der Waals surface area contributed by atoms with Gasteiger partial charge in [0.15, 0.2) is 0 Å². The Bertz CT molecular complexity index is 850. The Balaban J connectivity index is 1.73. The number of hydrogen-bond donors (Lipinski definition) is 1. The predicted octanol–water partition coefficient (Wildman–Crippen LogP) is 4.93. The third-order valence-electron chi connectivity index (χ3n) is 4.28. The maximum atomic E-state index is 12.6. The number of rotatable bonds is 5. The van der Waals surface area contributed by atoms with Crippen molar-refractivity contribution < 1.29 is 13.2 Å². The summed E-state index contributed by atoms with van der Waals surface area (Å²) in [6, 6.07) is 13.2. The maximum absolute atomic E-state index is 12.6. The number of nitrogens with one attached hydrogen (secondary N) is 1. The molecule has 0 saturated carbocycles. The van der Waals surface area contributed by atoms with Gasteiger partial charge in [-0.1, -0.05) is 24.3 Å². The Kier molecular flexibility index (Phi) is 4.81. The molecule has 6 heteroatoms. The van der Waals surface area contributed by atoms with Crippen LogP contribution in [0.2, 0.25) is 0 Å². The minimum atomic E-state index is -4.30. The van der Waals surface area contributed by atoms with E-state index in [4.69, 9.17) is 4.98 Å². The molecule has 3 nitrogen and oxygen atoms in total. The molecule has 0 radical (unpaired) electrons. The van der Waals surface area contributed by atoms with Crippen LogP contribution in [0.3, 0.4) is 0 Å². The Morgan fingerprint density at radius 3 is 2.40 bits per heavy atom. The van der Waals surface area contributed by atoms with Crippen molar-refractivity contribution in [3.63, 3.8) is 0 Å². The molecule has 1 atom stereocenters. The van der Waals surface area contributed by atoms with Gasteiger partial charge < -0.3 is 9.88 Å². The molecule has 1 aromatic heterocycles. The summed E-state index contributed by atoms with van der Waals surface area (Å²) in [5.74, 6) is 0.926. The van der Waals surface area contributed by atoms with E-state index in [2.05, 4.69) is 16.8 Å². The van der Waals surface area contributed by atoms with Crippen molar-refractivity contribution in [2.75, 3.05) is 0 Å². The fraction of sp³-hybridized carbons (Fsp3) is 0.316. The van der Waals surface area contributed by atoms with Crippen molar-refractivity contribution in [1.82, 2.24) is 14.9 Å². The average molecular weight is 347 g/mol. The van der Waals surface area contributed by atoms with E-state index >= 15 is 0 Å². The molecular weight excluding hydrogens is 327 g/mol. The number of para-hydroxylation sites is 2. The Morgan fingerprint density at radius 2 is 1.76 bits per heavy atom. The number of nitrogens with zero attached hydrogens (tertiary/aromatic N) is 2. The van der Waals surface area contributed by atoms with Crippen LogP contribution in [-0.4, -0.2) is 9.55 Å². The quantitative estimate of drug-likeness (QED) is 0.709. The second kappa shape index (κ2) is 6.88. The topological polar surface area (TPSA) is 29.9 Å². The molecule has 1 N–H and O–H groups in total. The Morgan fingerprint density at radius 1 is 1.08 bits per heavy atom. The number of benzene rings is 2. The summed E-state index contributed by atoms with van der Waals surface area (Å²) in [6.07, 6.45) is -4.30. The number of alkyl halides is 3. The van der Waals surface area contributed by atoms with Gasteiger partial charge in [0.1, 0.15) is 5.82 Å². The van der Waals surface area contributed by atoms with E-state index in [-0.39, 0.29) is 6.04 Å². The van der Waals surface area contributed by atoms with E-state index < -0.39 is 11.7 Å². The first kappa shape index (κ1) is 17.5. The van der Waals surface area contributed by atoms with Crippen LogP contribution in [0.4, 0.5) is 13.2 Å². The van der Waals surface area contributed by atoms with Gasteiger partial charge in [-0.2, -0.15) is 13.2 Å². The highest BCUT2D eigenvalue weighted by atomic mass is 19.4. The lowest BCUT2D eigenvalue weighted by molar-refractivity contribution is -0.137. The molecule has 0 aliphatic carbocycles. The molecule has 0 saturated heterocycles. The van der Waals surface area contributed by atoms with Crippen molar-refractivity contribution in [2.24, 2.45) is 0 Å². The van der Waals surface area contributed by atoms with Gasteiger partial charge in [0, 0.05) is 13.1 Å². The highest BCUT2D eigenvalue weighted by Crippen LogP contribution is 2.29. The van der Waals surface area contributed by atoms with E-state index in [1.54, 1.807) is 0 Å². The zero-order chi connectivity index (χ0) is 18.0. The zero-order valence-corrected chi connectivity index (χ0v) is 14.1. The summed E-state index contributed by atoms with van der Waals surface area (Å²) in [6.45, 7) is 5.37. The van der Waals surface area contributed by atoms with Crippen molar-refractivity contribution in [1.29, 1.82) is 0 Å². The van der Waals surface area contributed by atoms with Crippen molar-refractivity contribution >= 4 is 11.0 Å². The number of fused-ring (bicyclic) bond motifs is 1. The van der Waals surface area contributed by atoms with Gasteiger partial charge in [-0.05, 0) is 43.7 Å². The molecule has 0 aliphatic rings. The number of aromatic nitrogens is 2.